The van der Waals surface area contributed by atoms with Crippen LogP contribution in [0.25, 0.3) is 66.1 Å². The van der Waals surface area contributed by atoms with E-state index in [0.717, 1.165) is 0 Å². The van der Waals surface area contributed by atoms with Crippen molar-refractivity contribution >= 4 is 73.0 Å². The van der Waals surface area contributed by atoms with Crippen LogP contribution in [0.2, 0.25) is 0 Å². The van der Waals surface area contributed by atoms with E-state index < -0.39 is 0 Å². The second kappa shape index (κ2) is 11.5. The smallest absolute Gasteiger partial charge is 0.329 e. The second-order valence-electron chi connectivity index (χ2n) is 19.8. The number of hydrogen-bond acceptors (Lipinski definition) is 1. The maximum absolute atomic E-state index is 2.76. The third kappa shape index (κ3) is 4.50. The van der Waals surface area contributed by atoms with E-state index in [-0.39, 0.29) is 23.1 Å². The highest BCUT2D eigenvalue weighted by molar-refractivity contribution is 6.86. The molecule has 3 aliphatic rings. The Bertz CT molecular complexity index is 3310. The van der Waals surface area contributed by atoms with Crippen molar-refractivity contribution in [2.75, 3.05) is 4.90 Å². The number of rotatable bonds is 2. The zero-order valence-electron chi connectivity index (χ0n) is 35.3. The number of aromatic nitrogens is 2. The van der Waals surface area contributed by atoms with E-state index in [9.17, 15) is 0 Å². The third-order valence-electron chi connectivity index (χ3n) is 14.0. The van der Waals surface area contributed by atoms with Crippen LogP contribution >= 0.6 is 0 Å². The molecule has 0 amide bonds. The molecule has 0 N–H and O–H groups in total. The highest BCUT2D eigenvalue weighted by atomic mass is 15.2. The van der Waals surface area contributed by atoms with Gasteiger partial charge in [-0.15, -0.1) is 0 Å². The maximum Gasteiger partial charge on any atom is 0.329 e. The summed E-state index contributed by atoms with van der Waals surface area (Å²) in [7, 11) is 0. The Kier molecular flexibility index (Phi) is 6.76. The number of hydrogen-bond donors (Lipinski definition) is 0. The van der Waals surface area contributed by atoms with Gasteiger partial charge in [-0.1, -0.05) is 152 Å². The Hall–Kier alpha value is -6.26. The molecule has 4 heterocycles. The van der Waals surface area contributed by atoms with Gasteiger partial charge in [-0.3, -0.25) is 0 Å². The van der Waals surface area contributed by atoms with Crippen molar-refractivity contribution in [3.8, 4) is 16.8 Å². The first-order valence-electron chi connectivity index (χ1n) is 21.3. The number of fused-ring (bicyclic) bond motifs is 12. The molecule has 12 rings (SSSR count). The van der Waals surface area contributed by atoms with Crippen molar-refractivity contribution in [2.45, 2.75) is 71.6 Å². The standard InChI is InChI=1S/C55H48BN3/c1-53(2,3)33-26-28-36(29-27-33)58-46-31-34(54(4,5)6)30-41-48-47-39-22-14-16-24-43(39)57(35-18-10-9-11-19-35)45(47)32-40-37-20-13-17-25-44(37)59(50(40)48)56(49(41)46)52-51(58)38-21-12-15-23-42(38)55(52,7)8/h9-32H,1-8H3. The Morgan fingerprint density at radius 3 is 1.90 bits per heavy atom. The van der Waals surface area contributed by atoms with Gasteiger partial charge < -0.3 is 13.9 Å². The summed E-state index contributed by atoms with van der Waals surface area (Å²) in [6, 6.07) is 55.5. The molecule has 286 valence electrons. The van der Waals surface area contributed by atoms with Gasteiger partial charge in [0.25, 0.3) is 0 Å². The van der Waals surface area contributed by atoms with Crippen molar-refractivity contribution in [1.29, 1.82) is 0 Å². The normalized spacial score (nSPS) is 15.5. The summed E-state index contributed by atoms with van der Waals surface area (Å²) in [5, 5.41) is 5.22. The zero-order valence-corrected chi connectivity index (χ0v) is 35.3. The van der Waals surface area contributed by atoms with Gasteiger partial charge in [-0.05, 0) is 92.5 Å². The molecule has 1 aliphatic carbocycles. The highest BCUT2D eigenvalue weighted by Crippen LogP contribution is 2.58. The van der Waals surface area contributed by atoms with E-state index in [4.69, 9.17) is 0 Å². The number of para-hydroxylation sites is 3. The predicted octanol–water partition coefficient (Wildman–Crippen LogP) is 13.6. The molecular formula is C55H48BN3. The zero-order chi connectivity index (χ0) is 40.3. The Morgan fingerprint density at radius 1 is 0.525 bits per heavy atom. The average molecular weight is 762 g/mol. The van der Waals surface area contributed by atoms with Gasteiger partial charge in [0.1, 0.15) is 0 Å². The first-order chi connectivity index (χ1) is 28.3. The molecule has 0 atom stereocenters. The summed E-state index contributed by atoms with van der Waals surface area (Å²) in [6.45, 7) is 19.0. The van der Waals surface area contributed by atoms with E-state index >= 15 is 0 Å². The molecule has 2 aromatic heterocycles. The summed E-state index contributed by atoms with van der Waals surface area (Å²) >= 11 is 0. The monoisotopic (exact) mass is 761 g/mol. The van der Waals surface area contributed by atoms with E-state index in [1.807, 2.05) is 0 Å². The summed E-state index contributed by atoms with van der Waals surface area (Å²) in [6.07, 6.45) is 0. The fourth-order valence-corrected chi connectivity index (χ4v) is 11.2. The molecule has 0 fully saturated rings. The first kappa shape index (κ1) is 34.8. The van der Waals surface area contributed by atoms with Gasteiger partial charge in [0.05, 0.1) is 11.0 Å². The van der Waals surface area contributed by atoms with E-state index in [2.05, 4.69) is 215 Å². The van der Waals surface area contributed by atoms with E-state index in [1.54, 1.807) is 0 Å². The molecule has 3 nitrogen and oxygen atoms in total. The minimum absolute atomic E-state index is 0.00802. The van der Waals surface area contributed by atoms with Gasteiger partial charge in [-0.2, -0.15) is 0 Å². The fourth-order valence-electron chi connectivity index (χ4n) is 11.2. The lowest BCUT2D eigenvalue weighted by Gasteiger charge is -2.44. The quantitative estimate of drug-likeness (QED) is 0.160. The molecule has 2 aliphatic heterocycles. The molecule has 59 heavy (non-hydrogen) atoms. The predicted molar refractivity (Wildman–Crippen MR) is 252 cm³/mol. The lowest BCUT2D eigenvalue weighted by Crippen LogP contribution is -2.52. The van der Waals surface area contributed by atoms with Crippen LogP contribution in [-0.4, -0.2) is 15.9 Å². The third-order valence-corrected chi connectivity index (χ3v) is 14.0. The second-order valence-corrected chi connectivity index (χ2v) is 19.8. The Balaban J connectivity index is 1.32. The number of allylic oxidation sites excluding steroid dienone is 1. The van der Waals surface area contributed by atoms with Crippen LogP contribution in [-0.2, 0) is 16.2 Å². The lowest BCUT2D eigenvalue weighted by molar-refractivity contribution is 0.590. The number of benzene rings is 7. The molecule has 0 saturated heterocycles. The van der Waals surface area contributed by atoms with Gasteiger partial charge in [-0.25, -0.2) is 0 Å². The van der Waals surface area contributed by atoms with Crippen LogP contribution < -0.4 is 10.4 Å². The maximum atomic E-state index is 2.76. The molecule has 7 aromatic carbocycles. The Labute approximate surface area is 347 Å². The van der Waals surface area contributed by atoms with Crippen molar-refractivity contribution in [3.63, 3.8) is 0 Å². The first-order valence-corrected chi connectivity index (χ1v) is 21.3. The summed E-state index contributed by atoms with van der Waals surface area (Å²) in [4.78, 5) is 2.65. The average Bonchev–Trinajstić information content (AvgIpc) is 3.82. The van der Waals surface area contributed by atoms with E-state index in [1.165, 1.54) is 111 Å². The summed E-state index contributed by atoms with van der Waals surface area (Å²) in [5.41, 5.74) is 20.8. The molecule has 0 unspecified atom stereocenters. The van der Waals surface area contributed by atoms with Crippen LogP contribution in [0.3, 0.4) is 0 Å². The van der Waals surface area contributed by atoms with Gasteiger partial charge in [0.15, 0.2) is 0 Å². The molecule has 9 aromatic rings. The molecule has 0 saturated carbocycles. The number of nitrogens with zero attached hydrogens (tertiary/aromatic N) is 3. The SMILES string of the molecule is CC(C)(C)c1ccc(N2C3=C(B4c5c(cc(C(C)(C)C)cc52)-c2c5c6ccccc6n(-c6ccccc6)c5cc5c6ccccc6n4c25)C(C)(C)c2ccccc23)cc1. The van der Waals surface area contributed by atoms with Crippen molar-refractivity contribution in [3.05, 3.63) is 173 Å². The van der Waals surface area contributed by atoms with Crippen molar-refractivity contribution in [2.24, 2.45) is 0 Å². The minimum Gasteiger partial charge on any atom is -0.376 e. The molecular weight excluding hydrogens is 713 g/mol. The summed E-state index contributed by atoms with van der Waals surface area (Å²) < 4.78 is 5.26. The van der Waals surface area contributed by atoms with Crippen LogP contribution in [0.4, 0.5) is 11.4 Å². The van der Waals surface area contributed by atoms with Crippen molar-refractivity contribution in [1.82, 2.24) is 9.05 Å². The van der Waals surface area contributed by atoms with Crippen LogP contribution in [0, 0.1) is 0 Å². The molecule has 0 radical (unpaired) electrons. The highest BCUT2D eigenvalue weighted by Gasteiger charge is 2.53. The van der Waals surface area contributed by atoms with Gasteiger partial charge in [0.2, 0.25) is 0 Å². The van der Waals surface area contributed by atoms with Gasteiger partial charge in [0, 0.05) is 71.9 Å². The van der Waals surface area contributed by atoms with Gasteiger partial charge >= 0.3 is 6.85 Å². The fraction of sp³-hybridized carbons (Fsp3) is 0.200. The Morgan fingerprint density at radius 2 is 1.17 bits per heavy atom. The van der Waals surface area contributed by atoms with Crippen molar-refractivity contribution < 1.29 is 0 Å². The minimum atomic E-state index is -0.236. The number of anilines is 2. The molecule has 0 spiro atoms. The lowest BCUT2D eigenvalue weighted by atomic mass is 9.40. The van der Waals surface area contributed by atoms with Crippen LogP contribution in [0.1, 0.15) is 77.6 Å². The van der Waals surface area contributed by atoms with Crippen LogP contribution in [0.15, 0.2) is 151 Å². The largest absolute Gasteiger partial charge is 0.376 e. The summed E-state index contributed by atoms with van der Waals surface area (Å²) in [5.74, 6) is 0. The van der Waals surface area contributed by atoms with Crippen LogP contribution in [0.5, 0.6) is 0 Å². The van der Waals surface area contributed by atoms with E-state index in [0.29, 0.717) is 0 Å². The molecule has 4 heteroatoms. The molecule has 0 bridgehead atoms. The topological polar surface area (TPSA) is 13.1 Å².